The van der Waals surface area contributed by atoms with Crippen LogP contribution >= 0.6 is 11.3 Å². The van der Waals surface area contributed by atoms with Crippen LogP contribution < -0.4 is 5.32 Å². The average molecular weight is 367 g/mol. The summed E-state index contributed by atoms with van der Waals surface area (Å²) in [6.45, 7) is 2.75. The molecule has 3 aromatic rings. The molecule has 1 amide bonds. The fourth-order valence-corrected chi connectivity index (χ4v) is 4.14. The van der Waals surface area contributed by atoms with Crippen molar-refractivity contribution in [1.29, 1.82) is 0 Å². The maximum absolute atomic E-state index is 12.5. The number of hydrogen-bond acceptors (Lipinski definition) is 5. The second-order valence-corrected chi connectivity index (χ2v) is 7.32. The van der Waals surface area contributed by atoms with Gasteiger partial charge in [-0.05, 0) is 49.5 Å². The molecular weight excluding hydrogens is 346 g/mol. The molecule has 26 heavy (non-hydrogen) atoms. The Morgan fingerprint density at radius 1 is 1.15 bits per heavy atom. The second kappa shape index (κ2) is 7.80. The zero-order valence-corrected chi connectivity index (χ0v) is 15.2. The normalized spacial score (nSPS) is 15.8. The summed E-state index contributed by atoms with van der Waals surface area (Å²) < 4.78 is 0. The summed E-state index contributed by atoms with van der Waals surface area (Å²) in [6, 6.07) is 14.0. The largest absolute Gasteiger partial charge is 0.349 e. The van der Waals surface area contributed by atoms with E-state index in [1.807, 2.05) is 30.3 Å². The fraction of sp³-hybridized carbons (Fsp3) is 0.316. The Bertz CT molecular complexity index is 840. The number of amides is 1. The Morgan fingerprint density at radius 2 is 1.96 bits per heavy atom. The van der Waals surface area contributed by atoms with Gasteiger partial charge < -0.3 is 5.32 Å². The Balaban J connectivity index is 1.43. The number of aromatic nitrogens is 3. The van der Waals surface area contributed by atoms with Crippen LogP contribution in [0.3, 0.4) is 0 Å². The van der Waals surface area contributed by atoms with E-state index in [-0.39, 0.29) is 11.9 Å². The van der Waals surface area contributed by atoms with Gasteiger partial charge in [0.05, 0.1) is 17.9 Å². The van der Waals surface area contributed by atoms with E-state index in [0.717, 1.165) is 18.8 Å². The van der Waals surface area contributed by atoms with Gasteiger partial charge in [-0.25, -0.2) is 0 Å². The smallest absolute Gasteiger partial charge is 0.273 e. The van der Waals surface area contributed by atoms with Crippen LogP contribution in [0.15, 0.2) is 54.0 Å². The Hall–Kier alpha value is -2.51. The van der Waals surface area contributed by atoms with Crippen molar-refractivity contribution in [1.82, 2.24) is 25.2 Å². The van der Waals surface area contributed by atoms with Crippen LogP contribution in [-0.2, 0) is 0 Å². The lowest BCUT2D eigenvalue weighted by Gasteiger charge is -2.26. The fourth-order valence-electron chi connectivity index (χ4n) is 3.28. The predicted octanol–water partition coefficient (Wildman–Crippen LogP) is 2.90. The van der Waals surface area contributed by atoms with Gasteiger partial charge in [-0.3, -0.25) is 9.69 Å². The first-order valence-corrected chi connectivity index (χ1v) is 9.72. The maximum Gasteiger partial charge on any atom is 0.273 e. The van der Waals surface area contributed by atoms with Crippen molar-refractivity contribution >= 4 is 17.2 Å². The zero-order valence-electron chi connectivity index (χ0n) is 14.4. The number of hydrogen-bond donors (Lipinski definition) is 1. The van der Waals surface area contributed by atoms with Crippen molar-refractivity contribution in [2.24, 2.45) is 0 Å². The molecule has 1 aliphatic heterocycles. The molecule has 0 saturated carbocycles. The third kappa shape index (κ3) is 3.68. The molecule has 0 spiro atoms. The summed E-state index contributed by atoms with van der Waals surface area (Å²) in [5, 5.41) is 13.6. The molecule has 1 N–H and O–H groups in total. The summed E-state index contributed by atoms with van der Waals surface area (Å²) >= 11 is 1.74. The minimum Gasteiger partial charge on any atom is -0.349 e. The third-order valence-electron chi connectivity index (χ3n) is 4.62. The van der Waals surface area contributed by atoms with E-state index in [1.165, 1.54) is 28.7 Å². The molecule has 1 aromatic carbocycles. The molecule has 1 unspecified atom stereocenters. The number of carbonyl (C=O) groups is 1. The van der Waals surface area contributed by atoms with Crippen LogP contribution in [-0.4, -0.2) is 45.4 Å². The molecule has 0 aliphatic carbocycles. The number of benzene rings is 1. The minimum absolute atomic E-state index is 0.187. The van der Waals surface area contributed by atoms with Gasteiger partial charge in [0.15, 0.2) is 5.69 Å². The molecule has 134 valence electrons. The average Bonchev–Trinajstić information content (AvgIpc) is 3.44. The van der Waals surface area contributed by atoms with Crippen molar-refractivity contribution in [2.75, 3.05) is 19.6 Å². The Morgan fingerprint density at radius 3 is 2.69 bits per heavy atom. The number of rotatable bonds is 6. The molecule has 1 saturated heterocycles. The van der Waals surface area contributed by atoms with E-state index < -0.39 is 0 Å². The molecule has 3 heterocycles. The number of thiophene rings is 1. The van der Waals surface area contributed by atoms with Gasteiger partial charge in [-0.15, -0.1) is 16.4 Å². The molecule has 1 aliphatic rings. The Labute approximate surface area is 156 Å². The van der Waals surface area contributed by atoms with Gasteiger partial charge in [-0.2, -0.15) is 9.90 Å². The summed E-state index contributed by atoms with van der Waals surface area (Å²) in [5.41, 5.74) is 1.17. The number of likely N-dealkylation sites (tertiary alicyclic amines) is 1. The number of carbonyl (C=O) groups excluding carboxylic acids is 1. The van der Waals surface area contributed by atoms with Gasteiger partial charge in [-0.1, -0.05) is 24.3 Å². The van der Waals surface area contributed by atoms with Gasteiger partial charge in [0.2, 0.25) is 0 Å². The molecule has 0 bridgehead atoms. The van der Waals surface area contributed by atoms with E-state index in [0.29, 0.717) is 12.2 Å². The van der Waals surface area contributed by atoms with Crippen LogP contribution in [0.25, 0.3) is 5.69 Å². The highest BCUT2D eigenvalue weighted by molar-refractivity contribution is 7.10. The number of nitrogens with zero attached hydrogens (tertiary/aromatic N) is 4. The SMILES string of the molecule is O=C(NCC(c1cccs1)N1CCCC1)c1cnn(-c2ccccc2)n1. The predicted molar refractivity (Wildman–Crippen MR) is 102 cm³/mol. The highest BCUT2D eigenvalue weighted by Gasteiger charge is 2.25. The topological polar surface area (TPSA) is 63.1 Å². The highest BCUT2D eigenvalue weighted by atomic mass is 32.1. The summed E-state index contributed by atoms with van der Waals surface area (Å²) in [6.07, 6.45) is 3.96. The van der Waals surface area contributed by atoms with Gasteiger partial charge in [0, 0.05) is 11.4 Å². The van der Waals surface area contributed by atoms with E-state index in [2.05, 4.69) is 37.9 Å². The summed E-state index contributed by atoms with van der Waals surface area (Å²) in [7, 11) is 0. The van der Waals surface area contributed by atoms with Crippen LogP contribution in [0.4, 0.5) is 0 Å². The third-order valence-corrected chi connectivity index (χ3v) is 5.59. The Kier molecular flexibility index (Phi) is 5.08. The second-order valence-electron chi connectivity index (χ2n) is 6.34. The molecule has 0 radical (unpaired) electrons. The maximum atomic E-state index is 12.5. The van der Waals surface area contributed by atoms with E-state index in [4.69, 9.17) is 0 Å². The quantitative estimate of drug-likeness (QED) is 0.728. The van der Waals surface area contributed by atoms with Crippen LogP contribution in [0, 0.1) is 0 Å². The number of nitrogens with one attached hydrogen (secondary N) is 1. The minimum atomic E-state index is -0.187. The van der Waals surface area contributed by atoms with Crippen LogP contribution in [0.5, 0.6) is 0 Å². The lowest BCUT2D eigenvalue weighted by Crippen LogP contribution is -2.36. The van der Waals surface area contributed by atoms with Crippen molar-refractivity contribution in [3.63, 3.8) is 0 Å². The van der Waals surface area contributed by atoms with E-state index in [9.17, 15) is 4.79 Å². The summed E-state index contributed by atoms with van der Waals surface area (Å²) in [5.74, 6) is -0.187. The van der Waals surface area contributed by atoms with Crippen molar-refractivity contribution < 1.29 is 4.79 Å². The highest BCUT2D eigenvalue weighted by Crippen LogP contribution is 2.27. The molecule has 2 aromatic heterocycles. The molecule has 1 atom stereocenters. The lowest BCUT2D eigenvalue weighted by atomic mass is 10.2. The molecule has 7 heteroatoms. The molecular formula is C19H21N5OS. The molecule has 6 nitrogen and oxygen atoms in total. The summed E-state index contributed by atoms with van der Waals surface area (Å²) in [4.78, 5) is 17.8. The first-order chi connectivity index (χ1) is 12.8. The molecule has 4 rings (SSSR count). The van der Waals surface area contributed by atoms with Gasteiger partial charge in [0.25, 0.3) is 5.91 Å². The van der Waals surface area contributed by atoms with Gasteiger partial charge >= 0.3 is 0 Å². The van der Waals surface area contributed by atoms with Crippen molar-refractivity contribution in [2.45, 2.75) is 18.9 Å². The van der Waals surface area contributed by atoms with Crippen molar-refractivity contribution in [3.05, 3.63) is 64.6 Å². The van der Waals surface area contributed by atoms with Gasteiger partial charge in [0.1, 0.15) is 0 Å². The lowest BCUT2D eigenvalue weighted by molar-refractivity contribution is 0.0933. The first kappa shape index (κ1) is 16.9. The monoisotopic (exact) mass is 367 g/mol. The zero-order chi connectivity index (χ0) is 17.8. The standard InChI is InChI=1S/C19H21N5OS/c25-19(16-13-21-24(22-16)15-7-2-1-3-8-15)20-14-17(18-9-6-12-26-18)23-10-4-5-11-23/h1-3,6-9,12-13,17H,4-5,10-11,14H2,(H,20,25). The number of para-hydroxylation sites is 1. The van der Waals surface area contributed by atoms with E-state index in [1.54, 1.807) is 11.3 Å². The van der Waals surface area contributed by atoms with E-state index >= 15 is 0 Å². The van der Waals surface area contributed by atoms with Crippen molar-refractivity contribution in [3.8, 4) is 5.69 Å². The van der Waals surface area contributed by atoms with Crippen LogP contribution in [0.1, 0.15) is 34.2 Å². The first-order valence-electron chi connectivity index (χ1n) is 8.85. The molecule has 1 fully saturated rings. The van der Waals surface area contributed by atoms with Crippen LogP contribution in [0.2, 0.25) is 0 Å².